The number of urea groups is 2. The lowest BCUT2D eigenvalue weighted by atomic mass is 9.99. The number of hydrogen-bond acceptors (Lipinski definition) is 8. The Labute approximate surface area is 328 Å². The van der Waals surface area contributed by atoms with E-state index in [9.17, 15) is 28.8 Å². The fourth-order valence-electron chi connectivity index (χ4n) is 8.95. The molecule has 2 aromatic rings. The first-order valence-corrected chi connectivity index (χ1v) is 20.4. The van der Waals surface area contributed by atoms with E-state index in [4.69, 9.17) is 9.68 Å². The Morgan fingerprint density at radius 1 is 0.536 bits per heavy atom. The van der Waals surface area contributed by atoms with E-state index in [0.29, 0.717) is 52.0 Å². The molecule has 6 amide bonds. The van der Waals surface area contributed by atoms with E-state index in [1.807, 2.05) is 60.7 Å². The molecule has 6 fully saturated rings. The van der Waals surface area contributed by atoms with Crippen LogP contribution in [0.5, 0.6) is 0 Å². The van der Waals surface area contributed by atoms with Crippen molar-refractivity contribution < 1.29 is 38.4 Å². The van der Waals surface area contributed by atoms with Crippen molar-refractivity contribution in [3.63, 3.8) is 0 Å². The van der Waals surface area contributed by atoms with Gasteiger partial charge in [-0.25, -0.2) is 9.59 Å². The molecule has 2 aliphatic carbocycles. The van der Waals surface area contributed by atoms with Gasteiger partial charge in [-0.05, 0) is 62.5 Å². The van der Waals surface area contributed by atoms with Crippen molar-refractivity contribution >= 4 is 35.4 Å². The lowest BCUT2D eigenvalue weighted by molar-refractivity contribution is -0.140. The van der Waals surface area contributed by atoms with Crippen molar-refractivity contribution in [2.75, 3.05) is 26.2 Å². The third kappa shape index (κ3) is 9.24. The van der Waals surface area contributed by atoms with Crippen LogP contribution in [0, 0.1) is 11.8 Å². The number of Topliss-reactive ketones (excluding diaryl/α,β-unsaturated/α-hetero) is 2. The number of hydrogen-bond donors (Lipinski definition) is 2. The first-order valence-electron chi connectivity index (χ1n) is 20.4. The molecule has 2 saturated carbocycles. The fraction of sp³-hybridized carbons (Fsp3) is 0.571. The van der Waals surface area contributed by atoms with Crippen LogP contribution in [0.4, 0.5) is 9.59 Å². The standard InChI is InChI=1S/2C21H27N3O4/c2*25-19(16-8-4-5-9-16)12-22-20(26)18-11-10-17-13-23(18)21(27)24(17)28-14-15-6-2-1-3-7-15/h2*1-3,6-7,16-18H,4-5,8-14H2,(H,22,26)/t2*17-,18+/m11/s1. The fourth-order valence-corrected chi connectivity index (χ4v) is 8.95. The topological polar surface area (TPSA) is 158 Å². The average Bonchev–Trinajstić information content (AvgIpc) is 4.05. The number of rotatable bonds is 14. The summed E-state index contributed by atoms with van der Waals surface area (Å²) in [6.45, 7) is 1.76. The van der Waals surface area contributed by atoms with Gasteiger partial charge in [0, 0.05) is 24.9 Å². The normalized spacial score (nSPS) is 24.6. The van der Waals surface area contributed by atoms with Crippen LogP contribution in [-0.2, 0) is 42.1 Å². The van der Waals surface area contributed by atoms with Gasteiger partial charge < -0.3 is 20.4 Å². The van der Waals surface area contributed by atoms with Crippen molar-refractivity contribution in [1.29, 1.82) is 0 Å². The summed E-state index contributed by atoms with van der Waals surface area (Å²) in [6, 6.07) is 17.8. The van der Waals surface area contributed by atoms with Crippen LogP contribution in [0.15, 0.2) is 60.7 Å². The maximum Gasteiger partial charge on any atom is 0.345 e. The second-order valence-electron chi connectivity index (χ2n) is 15.9. The van der Waals surface area contributed by atoms with Crippen LogP contribution >= 0.6 is 0 Å². The molecule has 14 heteroatoms. The number of nitrogens with zero attached hydrogens (tertiary/aromatic N) is 4. The second kappa shape index (κ2) is 18.4. The highest BCUT2D eigenvalue weighted by atomic mass is 16.7. The van der Waals surface area contributed by atoms with Gasteiger partial charge in [0.2, 0.25) is 11.8 Å². The zero-order valence-corrected chi connectivity index (χ0v) is 32.0. The van der Waals surface area contributed by atoms with Crippen molar-refractivity contribution in [3.05, 3.63) is 71.8 Å². The van der Waals surface area contributed by atoms with Crippen LogP contribution in [0.25, 0.3) is 0 Å². The molecule has 4 atom stereocenters. The number of benzene rings is 2. The summed E-state index contributed by atoms with van der Waals surface area (Å²) in [5.41, 5.74) is 1.98. The number of amides is 6. The largest absolute Gasteiger partial charge is 0.347 e. The highest BCUT2D eigenvalue weighted by Gasteiger charge is 2.49. The van der Waals surface area contributed by atoms with Gasteiger partial charge in [0.15, 0.2) is 11.6 Å². The number of nitrogens with one attached hydrogen (secondary N) is 2. The Morgan fingerprint density at radius 3 is 1.29 bits per heavy atom. The zero-order chi connectivity index (χ0) is 39.0. The van der Waals surface area contributed by atoms with Crippen molar-refractivity contribution in [1.82, 2.24) is 30.6 Å². The maximum absolute atomic E-state index is 12.8. The van der Waals surface area contributed by atoms with Gasteiger partial charge >= 0.3 is 12.1 Å². The predicted molar refractivity (Wildman–Crippen MR) is 204 cm³/mol. The zero-order valence-electron chi connectivity index (χ0n) is 32.0. The molecule has 0 unspecified atom stereocenters. The SMILES string of the molecule is O=C(CNC(=O)[C@@H]1CC[C@@H]2CN1C(=O)N2OCc1ccccc1)C1CCCC1.O=C(CNC(=O)[C@@H]1CC[C@@H]2CN1C(=O)N2OCc1ccccc1)C1CCCC1. The Hall–Kier alpha value is -4.82. The van der Waals surface area contributed by atoms with E-state index in [0.717, 1.165) is 62.5 Å². The summed E-state index contributed by atoms with van der Waals surface area (Å²) < 4.78 is 0. The predicted octanol–water partition coefficient (Wildman–Crippen LogP) is 4.52. The molecule has 4 bridgehead atoms. The molecule has 2 aromatic carbocycles. The molecule has 4 heterocycles. The number of ketones is 2. The van der Waals surface area contributed by atoms with Crippen molar-refractivity contribution in [3.8, 4) is 0 Å². The van der Waals surface area contributed by atoms with Gasteiger partial charge in [0.1, 0.15) is 25.3 Å². The minimum atomic E-state index is -0.523. The summed E-state index contributed by atoms with van der Waals surface area (Å²) in [5.74, 6) is -0.0658. The first kappa shape index (κ1) is 39.4. The van der Waals surface area contributed by atoms with Gasteiger partial charge in [-0.3, -0.25) is 28.9 Å². The number of carbonyl (C=O) groups is 6. The maximum atomic E-state index is 12.8. The number of hydroxylamine groups is 4. The average molecular weight is 771 g/mol. The molecule has 0 aromatic heterocycles. The van der Waals surface area contributed by atoms with Gasteiger partial charge in [-0.2, -0.15) is 10.1 Å². The molecule has 4 aliphatic heterocycles. The third-order valence-corrected chi connectivity index (χ3v) is 12.2. The minimum Gasteiger partial charge on any atom is -0.347 e. The van der Waals surface area contributed by atoms with E-state index >= 15 is 0 Å². The minimum absolute atomic E-state index is 0.0274. The van der Waals surface area contributed by atoms with Crippen molar-refractivity contribution in [2.24, 2.45) is 11.8 Å². The molecule has 6 aliphatic rings. The molecule has 56 heavy (non-hydrogen) atoms. The number of piperidine rings is 2. The number of fused-ring (bicyclic) bond motifs is 4. The second-order valence-corrected chi connectivity index (χ2v) is 15.9. The van der Waals surface area contributed by atoms with Crippen LogP contribution in [-0.4, -0.2) is 106 Å². The van der Waals surface area contributed by atoms with Gasteiger partial charge in [-0.15, -0.1) is 0 Å². The summed E-state index contributed by atoms with van der Waals surface area (Å²) in [5, 5.41) is 8.37. The van der Waals surface area contributed by atoms with Crippen LogP contribution in [0.1, 0.15) is 88.2 Å². The van der Waals surface area contributed by atoms with E-state index < -0.39 is 12.1 Å². The molecule has 2 N–H and O–H groups in total. The Kier molecular flexibility index (Phi) is 13.0. The van der Waals surface area contributed by atoms with Crippen LogP contribution < -0.4 is 10.6 Å². The molecule has 8 rings (SSSR count). The van der Waals surface area contributed by atoms with E-state index in [1.165, 1.54) is 10.1 Å². The molecular weight excluding hydrogens is 716 g/mol. The Bertz CT molecular complexity index is 1590. The molecule has 0 radical (unpaired) electrons. The smallest absolute Gasteiger partial charge is 0.345 e. The quantitative estimate of drug-likeness (QED) is 0.284. The molecule has 0 spiro atoms. The summed E-state index contributed by atoms with van der Waals surface area (Å²) in [4.78, 5) is 89.8. The highest BCUT2D eigenvalue weighted by molar-refractivity contribution is 5.93. The van der Waals surface area contributed by atoms with E-state index in [-0.39, 0.29) is 72.5 Å². The van der Waals surface area contributed by atoms with E-state index in [2.05, 4.69) is 10.6 Å². The third-order valence-electron chi connectivity index (χ3n) is 12.2. The Balaban J connectivity index is 0.000000172. The monoisotopic (exact) mass is 770 g/mol. The first-order chi connectivity index (χ1) is 27.3. The van der Waals surface area contributed by atoms with Crippen LogP contribution in [0.3, 0.4) is 0 Å². The molecular formula is C42H54N6O8. The Morgan fingerprint density at radius 2 is 0.911 bits per heavy atom. The summed E-state index contributed by atoms with van der Waals surface area (Å²) in [6.07, 6.45) is 10.7. The van der Waals surface area contributed by atoms with Gasteiger partial charge in [0.05, 0.1) is 25.2 Å². The van der Waals surface area contributed by atoms with E-state index in [1.54, 1.807) is 9.80 Å². The number of carbonyl (C=O) groups excluding carboxylic acids is 6. The van der Waals surface area contributed by atoms with Crippen LogP contribution in [0.2, 0.25) is 0 Å². The molecule has 300 valence electrons. The van der Waals surface area contributed by atoms with Crippen molar-refractivity contribution in [2.45, 2.75) is 114 Å². The van der Waals surface area contributed by atoms with Gasteiger partial charge in [-0.1, -0.05) is 86.3 Å². The van der Waals surface area contributed by atoms with Gasteiger partial charge in [0.25, 0.3) is 0 Å². The lowest BCUT2D eigenvalue weighted by Gasteiger charge is -2.29. The lowest BCUT2D eigenvalue weighted by Crippen LogP contribution is -2.50. The molecule has 14 nitrogen and oxygen atoms in total. The summed E-state index contributed by atoms with van der Waals surface area (Å²) >= 11 is 0. The summed E-state index contributed by atoms with van der Waals surface area (Å²) in [7, 11) is 0. The molecule has 4 saturated heterocycles. The highest BCUT2D eigenvalue weighted by Crippen LogP contribution is 2.32.